The summed E-state index contributed by atoms with van der Waals surface area (Å²) in [5, 5.41) is 9.66. The fraction of sp³-hybridized carbons (Fsp3) is 0.588. The van der Waals surface area contributed by atoms with Crippen LogP contribution in [0.1, 0.15) is 24.5 Å². The van der Waals surface area contributed by atoms with Gasteiger partial charge in [0.1, 0.15) is 0 Å². The van der Waals surface area contributed by atoms with Crippen molar-refractivity contribution in [2.45, 2.75) is 32.0 Å². The van der Waals surface area contributed by atoms with Crippen molar-refractivity contribution in [3.05, 3.63) is 35.4 Å². The van der Waals surface area contributed by atoms with Crippen LogP contribution < -0.4 is 0 Å². The predicted octanol–water partition coefficient (Wildman–Crippen LogP) is 2.16. The molecule has 1 amide bonds. The topological polar surface area (TPSA) is 43.8 Å². The van der Waals surface area contributed by atoms with Gasteiger partial charge in [0.2, 0.25) is 5.91 Å². The van der Waals surface area contributed by atoms with Crippen LogP contribution in [0.3, 0.4) is 0 Å². The zero-order valence-electron chi connectivity index (χ0n) is 13.7. The van der Waals surface area contributed by atoms with Crippen molar-refractivity contribution >= 4 is 5.91 Å². The number of carbonyl (C=O) groups is 1. The number of hydrogen-bond donors (Lipinski definition) is 1. The van der Waals surface area contributed by atoms with Crippen LogP contribution in [0.15, 0.2) is 24.3 Å². The van der Waals surface area contributed by atoms with Crippen LogP contribution in [0, 0.1) is 0 Å². The Labute approximate surface area is 139 Å². The van der Waals surface area contributed by atoms with E-state index >= 15 is 0 Å². The van der Waals surface area contributed by atoms with E-state index in [0.29, 0.717) is 44.7 Å². The highest BCUT2D eigenvalue weighted by Crippen LogP contribution is 2.29. The molecular weight excluding hydrogens is 321 g/mol. The van der Waals surface area contributed by atoms with Gasteiger partial charge >= 0.3 is 6.18 Å². The van der Waals surface area contributed by atoms with Gasteiger partial charge in [0, 0.05) is 32.7 Å². The molecule has 0 aromatic heterocycles. The maximum Gasteiger partial charge on any atom is 0.416 e. The number of aliphatic hydroxyl groups excluding tert-OH is 1. The number of amides is 1. The van der Waals surface area contributed by atoms with E-state index in [4.69, 9.17) is 0 Å². The molecule has 1 aromatic rings. The lowest BCUT2D eigenvalue weighted by molar-refractivity contribution is -0.137. The average Bonchev–Trinajstić information content (AvgIpc) is 2.55. The third-order valence-corrected chi connectivity index (χ3v) is 4.30. The lowest BCUT2D eigenvalue weighted by Crippen LogP contribution is -2.50. The summed E-state index contributed by atoms with van der Waals surface area (Å²) in [6.07, 6.45) is -3.90. The quantitative estimate of drug-likeness (QED) is 0.890. The Morgan fingerprint density at radius 3 is 2.25 bits per heavy atom. The first-order valence-electron chi connectivity index (χ1n) is 8.14. The summed E-state index contributed by atoms with van der Waals surface area (Å²) in [4.78, 5) is 16.1. The van der Waals surface area contributed by atoms with Gasteiger partial charge in [-0.1, -0.05) is 19.1 Å². The molecular formula is C17H23F3N2O2. The normalized spacial score (nSPS) is 17.8. The molecule has 0 radical (unpaired) electrons. The van der Waals surface area contributed by atoms with Crippen molar-refractivity contribution in [2.75, 3.05) is 32.7 Å². The van der Waals surface area contributed by atoms with E-state index in [1.807, 2.05) is 6.92 Å². The van der Waals surface area contributed by atoms with Crippen LogP contribution in [0.5, 0.6) is 0 Å². The van der Waals surface area contributed by atoms with Crippen LogP contribution in [0.25, 0.3) is 0 Å². The Kier molecular flexibility index (Phi) is 6.23. The minimum Gasteiger partial charge on any atom is -0.392 e. The SMILES string of the molecule is CC[C@@H](O)CN1CCN(C(=O)Cc2ccc(C(F)(F)F)cc2)CC1. The number of hydrogen-bond acceptors (Lipinski definition) is 3. The third-order valence-electron chi connectivity index (χ3n) is 4.30. The molecule has 134 valence electrons. The summed E-state index contributed by atoms with van der Waals surface area (Å²) in [6, 6.07) is 4.72. The summed E-state index contributed by atoms with van der Waals surface area (Å²) in [5.74, 6) is -0.0783. The fourth-order valence-corrected chi connectivity index (χ4v) is 2.70. The molecule has 0 bridgehead atoms. The van der Waals surface area contributed by atoms with Gasteiger partial charge in [0.05, 0.1) is 18.1 Å². The highest BCUT2D eigenvalue weighted by molar-refractivity contribution is 5.78. The van der Waals surface area contributed by atoms with Crippen molar-refractivity contribution in [2.24, 2.45) is 0 Å². The number of rotatable bonds is 5. The van der Waals surface area contributed by atoms with Crippen molar-refractivity contribution in [1.82, 2.24) is 9.80 Å². The molecule has 0 spiro atoms. The van der Waals surface area contributed by atoms with E-state index in [0.717, 1.165) is 12.1 Å². The summed E-state index contributed by atoms with van der Waals surface area (Å²) in [6.45, 7) is 5.10. The van der Waals surface area contributed by atoms with E-state index in [-0.39, 0.29) is 18.4 Å². The van der Waals surface area contributed by atoms with Crippen molar-refractivity contribution in [1.29, 1.82) is 0 Å². The Hall–Kier alpha value is -1.60. The highest BCUT2D eigenvalue weighted by atomic mass is 19.4. The zero-order chi connectivity index (χ0) is 17.7. The number of β-amino-alcohol motifs (C(OH)–C–C–N with tert-alkyl or cyclic N) is 1. The maximum absolute atomic E-state index is 12.5. The first-order valence-corrected chi connectivity index (χ1v) is 8.14. The Morgan fingerprint density at radius 2 is 1.75 bits per heavy atom. The van der Waals surface area contributed by atoms with Gasteiger partial charge in [-0.2, -0.15) is 13.2 Å². The number of nitrogens with zero attached hydrogens (tertiary/aromatic N) is 2. The van der Waals surface area contributed by atoms with E-state index in [1.54, 1.807) is 4.90 Å². The van der Waals surface area contributed by atoms with Gasteiger partial charge in [-0.05, 0) is 24.1 Å². The van der Waals surface area contributed by atoms with E-state index in [1.165, 1.54) is 12.1 Å². The second-order valence-electron chi connectivity index (χ2n) is 6.11. The minimum absolute atomic E-state index is 0.0783. The second kappa shape index (κ2) is 7.98. The molecule has 1 saturated heterocycles. The standard InChI is InChI=1S/C17H23F3N2O2/c1-2-15(23)12-21-7-9-22(10-8-21)16(24)11-13-3-5-14(6-4-13)17(18,19)20/h3-6,15,23H,2,7-12H2,1H3/t15-/m1/s1. The van der Waals surface area contributed by atoms with Crippen LogP contribution in [0.4, 0.5) is 13.2 Å². The second-order valence-corrected chi connectivity index (χ2v) is 6.11. The molecule has 0 aliphatic carbocycles. The zero-order valence-corrected chi connectivity index (χ0v) is 13.7. The van der Waals surface area contributed by atoms with Crippen molar-refractivity contribution in [3.8, 4) is 0 Å². The summed E-state index contributed by atoms with van der Waals surface area (Å²) in [7, 11) is 0. The first kappa shape index (κ1) is 18.7. The fourth-order valence-electron chi connectivity index (χ4n) is 2.70. The maximum atomic E-state index is 12.5. The average molecular weight is 344 g/mol. The minimum atomic E-state index is -4.36. The first-order chi connectivity index (χ1) is 11.3. The van der Waals surface area contributed by atoms with Crippen molar-refractivity contribution in [3.63, 3.8) is 0 Å². The Bertz CT molecular complexity index is 538. The molecule has 2 rings (SSSR count). The monoisotopic (exact) mass is 344 g/mol. The molecule has 1 atom stereocenters. The largest absolute Gasteiger partial charge is 0.416 e. The molecule has 0 unspecified atom stereocenters. The molecule has 24 heavy (non-hydrogen) atoms. The van der Waals surface area contributed by atoms with Gasteiger partial charge in [-0.15, -0.1) is 0 Å². The lowest BCUT2D eigenvalue weighted by Gasteiger charge is -2.35. The molecule has 1 heterocycles. The molecule has 1 aliphatic rings. The third kappa shape index (κ3) is 5.21. The highest BCUT2D eigenvalue weighted by Gasteiger charge is 2.30. The van der Waals surface area contributed by atoms with Gasteiger partial charge in [0.15, 0.2) is 0 Å². The molecule has 1 aliphatic heterocycles. The van der Waals surface area contributed by atoms with Crippen LogP contribution in [-0.2, 0) is 17.4 Å². The number of benzene rings is 1. The number of halogens is 3. The van der Waals surface area contributed by atoms with E-state index < -0.39 is 11.7 Å². The summed E-state index contributed by atoms with van der Waals surface area (Å²) < 4.78 is 37.6. The van der Waals surface area contributed by atoms with Crippen LogP contribution in [-0.4, -0.2) is 59.6 Å². The van der Waals surface area contributed by atoms with Gasteiger partial charge in [0.25, 0.3) is 0 Å². The number of piperazine rings is 1. The van der Waals surface area contributed by atoms with Gasteiger partial charge in [-0.3, -0.25) is 9.69 Å². The molecule has 7 heteroatoms. The molecule has 0 saturated carbocycles. The Morgan fingerprint density at radius 1 is 1.17 bits per heavy atom. The smallest absolute Gasteiger partial charge is 0.392 e. The van der Waals surface area contributed by atoms with E-state index in [9.17, 15) is 23.1 Å². The van der Waals surface area contributed by atoms with Gasteiger partial charge in [-0.25, -0.2) is 0 Å². The molecule has 1 fully saturated rings. The van der Waals surface area contributed by atoms with Crippen LogP contribution >= 0.6 is 0 Å². The summed E-state index contributed by atoms with van der Waals surface area (Å²) >= 11 is 0. The summed E-state index contributed by atoms with van der Waals surface area (Å²) in [5.41, 5.74) is -0.126. The molecule has 1 N–H and O–H groups in total. The molecule has 4 nitrogen and oxygen atoms in total. The van der Waals surface area contributed by atoms with Crippen LogP contribution in [0.2, 0.25) is 0 Å². The van der Waals surface area contributed by atoms with E-state index in [2.05, 4.69) is 4.90 Å². The van der Waals surface area contributed by atoms with Crippen molar-refractivity contribution < 1.29 is 23.1 Å². The predicted molar refractivity (Wildman–Crippen MR) is 84.5 cm³/mol. The Balaban J connectivity index is 1.83. The van der Waals surface area contributed by atoms with Gasteiger partial charge < -0.3 is 10.0 Å². The number of alkyl halides is 3. The number of carbonyl (C=O) groups excluding carboxylic acids is 1. The number of aliphatic hydroxyl groups is 1. The lowest BCUT2D eigenvalue weighted by atomic mass is 10.1. The molecule has 1 aromatic carbocycles.